The fourth-order valence-corrected chi connectivity index (χ4v) is 3.21. The number of anilines is 1. The zero-order valence-electron chi connectivity index (χ0n) is 18.5. The number of nitrogens with two attached hydrogens (primary N) is 1. The second kappa shape index (κ2) is 11.0. The first kappa shape index (κ1) is 24.4. The van der Waals surface area contributed by atoms with E-state index in [1.54, 1.807) is 13.3 Å². The number of aromatic nitrogens is 4. The summed E-state index contributed by atoms with van der Waals surface area (Å²) in [5.41, 5.74) is 6.08. The minimum absolute atomic E-state index is 0.0485. The molecule has 0 saturated carbocycles. The van der Waals surface area contributed by atoms with Crippen molar-refractivity contribution < 1.29 is 18.8 Å². The average molecular weight is 451 g/mol. The Morgan fingerprint density at radius 1 is 1.19 bits per heavy atom. The van der Waals surface area contributed by atoms with Gasteiger partial charge in [-0.2, -0.15) is 9.97 Å². The molecule has 0 bridgehead atoms. The van der Waals surface area contributed by atoms with Crippen LogP contribution in [0, 0.1) is 0 Å². The number of rotatable bonds is 9. The molecule has 1 aromatic carbocycles. The van der Waals surface area contributed by atoms with Crippen LogP contribution in [0.25, 0.3) is 11.2 Å². The van der Waals surface area contributed by atoms with Crippen molar-refractivity contribution in [2.45, 2.75) is 26.5 Å². The van der Waals surface area contributed by atoms with Crippen LogP contribution in [0.3, 0.4) is 0 Å². The van der Waals surface area contributed by atoms with Crippen LogP contribution < -0.4 is 20.9 Å². The fourth-order valence-electron chi connectivity index (χ4n) is 2.64. The highest BCUT2D eigenvalue weighted by Crippen LogP contribution is 2.36. The number of para-hydroxylation sites is 1. The molecular formula is C20H30N5O5P. The summed E-state index contributed by atoms with van der Waals surface area (Å²) in [7, 11) is -1.01. The quantitative estimate of drug-likeness (QED) is 0.474. The number of benzene rings is 1. The average Bonchev–Trinajstić information content (AvgIpc) is 3.07. The molecule has 170 valence electrons. The molecule has 1 atom stereocenters. The summed E-state index contributed by atoms with van der Waals surface area (Å²) in [4.78, 5) is 23.3. The van der Waals surface area contributed by atoms with Crippen LogP contribution in [0.1, 0.15) is 13.8 Å². The zero-order chi connectivity index (χ0) is 23.0. The lowest BCUT2D eigenvalue weighted by atomic mass is 10.3. The van der Waals surface area contributed by atoms with Crippen molar-refractivity contribution >= 4 is 24.1 Å². The summed E-state index contributed by atoms with van der Waals surface area (Å²) in [5, 5.41) is 0. The van der Waals surface area contributed by atoms with Crippen LogP contribution in [0.5, 0.6) is 11.8 Å². The van der Waals surface area contributed by atoms with Crippen LogP contribution in [0.15, 0.2) is 35.1 Å². The summed E-state index contributed by atoms with van der Waals surface area (Å²) < 4.78 is 30.1. The van der Waals surface area contributed by atoms with E-state index in [0.29, 0.717) is 16.9 Å². The van der Waals surface area contributed by atoms with Crippen LogP contribution in [-0.4, -0.2) is 59.0 Å². The van der Waals surface area contributed by atoms with Crippen LogP contribution >= 0.6 is 7.14 Å². The number of H-pyrrole nitrogens is 1. The molecule has 0 fully saturated rings. The van der Waals surface area contributed by atoms with E-state index in [4.69, 9.17) is 19.9 Å². The van der Waals surface area contributed by atoms with Gasteiger partial charge in [0.25, 0.3) is 0 Å². The molecule has 10 nitrogen and oxygen atoms in total. The Hall–Kier alpha value is -2.84. The number of methoxy groups -OCH3 is 1. The molecule has 0 saturated heterocycles. The molecule has 0 radical (unpaired) electrons. The Kier molecular flexibility index (Phi) is 8.65. The van der Waals surface area contributed by atoms with Gasteiger partial charge in [0.2, 0.25) is 0 Å². The molecular weight excluding hydrogens is 421 g/mol. The van der Waals surface area contributed by atoms with Crippen molar-refractivity contribution in [3.05, 3.63) is 40.8 Å². The van der Waals surface area contributed by atoms with Gasteiger partial charge in [0.05, 0.1) is 20.0 Å². The lowest BCUT2D eigenvalue weighted by molar-refractivity contribution is 0.0338. The Bertz CT molecular complexity index is 1080. The van der Waals surface area contributed by atoms with Crippen molar-refractivity contribution in [3.63, 3.8) is 0 Å². The Morgan fingerprint density at radius 2 is 1.87 bits per heavy atom. The van der Waals surface area contributed by atoms with Gasteiger partial charge in [-0.1, -0.05) is 32.0 Å². The normalized spacial score (nSPS) is 12.2. The van der Waals surface area contributed by atoms with Crippen molar-refractivity contribution in [1.29, 1.82) is 0 Å². The van der Waals surface area contributed by atoms with Crippen LogP contribution in [0.2, 0.25) is 0 Å². The van der Waals surface area contributed by atoms with Gasteiger partial charge in [-0.15, -0.1) is 0 Å². The Balaban J connectivity index is 0.00000166. The number of nitrogens with one attached hydrogen (secondary N) is 1. The fraction of sp³-hybridized carbons (Fsp3) is 0.450. The third-order valence-corrected chi connectivity index (χ3v) is 4.77. The number of nitrogens with zero attached hydrogens (tertiary/aromatic N) is 3. The minimum Gasteiger partial charge on any atom is -0.491 e. The van der Waals surface area contributed by atoms with E-state index in [-0.39, 0.29) is 31.3 Å². The third-order valence-electron chi connectivity index (χ3n) is 4.00. The summed E-state index contributed by atoms with van der Waals surface area (Å²) in [6.45, 7) is 7.55. The van der Waals surface area contributed by atoms with E-state index in [0.717, 1.165) is 0 Å². The number of hydrogen-bond donors (Lipinski definition) is 2. The van der Waals surface area contributed by atoms with E-state index in [2.05, 4.69) is 15.0 Å². The highest BCUT2D eigenvalue weighted by atomic mass is 31.2. The first-order chi connectivity index (χ1) is 14.8. The van der Waals surface area contributed by atoms with E-state index in [9.17, 15) is 9.36 Å². The molecule has 3 N–H and O–H groups in total. The standard InChI is InChI=1S/C18H24N5O5P.C2H6/c1-26-17-21-15(19)14-16(22-17)23(18(24)20-14)9-13(28-11-29(2,3)25)10-27-12-7-5-4-6-8-12;1-2/h4-8,13H,9-11H2,1-3H3,(H,20,24)(H2,19,21,22);1-2H3. The predicted molar refractivity (Wildman–Crippen MR) is 122 cm³/mol. The van der Waals surface area contributed by atoms with Gasteiger partial charge >= 0.3 is 11.7 Å². The number of fused-ring (bicyclic) bond motifs is 1. The molecule has 0 aliphatic heterocycles. The summed E-state index contributed by atoms with van der Waals surface area (Å²) in [5.74, 6) is 0.768. The maximum Gasteiger partial charge on any atom is 0.327 e. The number of aromatic amines is 1. The lowest BCUT2D eigenvalue weighted by Gasteiger charge is -2.20. The van der Waals surface area contributed by atoms with Crippen molar-refractivity contribution in [2.24, 2.45) is 0 Å². The van der Waals surface area contributed by atoms with Crippen LogP contribution in [-0.2, 0) is 15.8 Å². The molecule has 1 unspecified atom stereocenters. The number of ether oxygens (including phenoxy) is 3. The van der Waals surface area contributed by atoms with Crippen molar-refractivity contribution in [1.82, 2.24) is 19.5 Å². The third kappa shape index (κ3) is 6.83. The first-order valence-electron chi connectivity index (χ1n) is 9.90. The van der Waals surface area contributed by atoms with Gasteiger partial charge < -0.3 is 29.5 Å². The van der Waals surface area contributed by atoms with Gasteiger partial charge in [0.15, 0.2) is 11.5 Å². The van der Waals surface area contributed by atoms with Gasteiger partial charge in [-0.3, -0.25) is 4.57 Å². The molecule has 2 aromatic heterocycles. The topological polar surface area (TPSA) is 134 Å². The SMILES string of the molecule is CC.COc1nc(N)c2[nH]c(=O)n(CC(COc3ccccc3)OCP(C)(C)=O)c2n1. The maximum atomic E-state index is 12.5. The number of imidazole rings is 1. The molecule has 3 rings (SSSR count). The Morgan fingerprint density at radius 3 is 2.48 bits per heavy atom. The monoisotopic (exact) mass is 451 g/mol. The van der Waals surface area contributed by atoms with Crippen molar-refractivity contribution in [3.8, 4) is 11.8 Å². The van der Waals surface area contributed by atoms with E-state index in [1.807, 2.05) is 44.2 Å². The summed E-state index contributed by atoms with van der Waals surface area (Å²) >= 11 is 0. The smallest absolute Gasteiger partial charge is 0.327 e. The van der Waals surface area contributed by atoms with Gasteiger partial charge in [0, 0.05) is 0 Å². The molecule has 11 heteroatoms. The van der Waals surface area contributed by atoms with Crippen molar-refractivity contribution in [2.75, 3.05) is 39.1 Å². The number of nitrogen functional groups attached to an aromatic ring is 1. The largest absolute Gasteiger partial charge is 0.491 e. The Labute approximate surface area is 181 Å². The summed E-state index contributed by atoms with van der Waals surface area (Å²) in [6, 6.07) is 9.28. The van der Waals surface area contributed by atoms with Gasteiger partial charge in [-0.25, -0.2) is 4.79 Å². The summed E-state index contributed by atoms with van der Waals surface area (Å²) in [6.07, 6.45) is -0.491. The zero-order valence-corrected chi connectivity index (χ0v) is 19.4. The number of hydrogen-bond acceptors (Lipinski definition) is 8. The molecule has 0 spiro atoms. The molecule has 0 aliphatic carbocycles. The molecule has 2 heterocycles. The van der Waals surface area contributed by atoms with E-state index < -0.39 is 18.9 Å². The highest BCUT2D eigenvalue weighted by Gasteiger charge is 2.21. The first-order valence-corrected chi connectivity index (χ1v) is 12.7. The van der Waals surface area contributed by atoms with Crippen LogP contribution in [0.4, 0.5) is 5.82 Å². The molecule has 31 heavy (non-hydrogen) atoms. The maximum absolute atomic E-state index is 12.5. The van der Waals surface area contributed by atoms with E-state index >= 15 is 0 Å². The molecule has 3 aromatic rings. The highest BCUT2D eigenvalue weighted by molar-refractivity contribution is 7.62. The van der Waals surface area contributed by atoms with E-state index in [1.165, 1.54) is 11.7 Å². The lowest BCUT2D eigenvalue weighted by Crippen LogP contribution is -2.31. The molecule has 0 amide bonds. The minimum atomic E-state index is -2.42. The second-order valence-electron chi connectivity index (χ2n) is 6.95. The second-order valence-corrected chi connectivity index (χ2v) is 10.4. The predicted octanol–water partition coefficient (Wildman–Crippen LogP) is 2.78. The molecule has 0 aliphatic rings. The van der Waals surface area contributed by atoms with Gasteiger partial charge in [0.1, 0.15) is 31.1 Å². The van der Waals surface area contributed by atoms with Gasteiger partial charge in [-0.05, 0) is 25.5 Å².